The second-order valence-electron chi connectivity index (χ2n) is 5.28. The summed E-state index contributed by atoms with van der Waals surface area (Å²) < 4.78 is 12.9. The van der Waals surface area contributed by atoms with E-state index in [1.54, 1.807) is 0 Å². The van der Waals surface area contributed by atoms with E-state index in [1.165, 1.54) is 18.2 Å². The minimum atomic E-state index is -0.851. The second-order valence-corrected chi connectivity index (χ2v) is 5.28. The van der Waals surface area contributed by atoms with Crippen LogP contribution in [0.3, 0.4) is 0 Å². The number of anilines is 1. The van der Waals surface area contributed by atoms with Gasteiger partial charge in [0.05, 0.1) is 0 Å². The Bertz CT molecular complexity index is 489. The van der Waals surface area contributed by atoms with Gasteiger partial charge in [0.25, 0.3) is 0 Å². The number of hydrogen-bond acceptors (Lipinski definition) is 3. The molecule has 0 aliphatic carbocycles. The largest absolute Gasteiger partial charge is 0.396 e. The molecule has 0 bridgehead atoms. The van der Waals surface area contributed by atoms with Gasteiger partial charge in [-0.2, -0.15) is 0 Å². The molecule has 0 saturated carbocycles. The number of carbonyl (C=O) groups is 2. The van der Waals surface area contributed by atoms with Crippen molar-refractivity contribution in [2.75, 3.05) is 18.5 Å². The first kappa shape index (κ1) is 16.1. The van der Waals surface area contributed by atoms with E-state index in [0.29, 0.717) is 6.42 Å². The van der Waals surface area contributed by atoms with E-state index >= 15 is 0 Å². The molecule has 0 unspecified atom stereocenters. The molecular weight excluding hydrogens is 263 g/mol. The molecule has 6 heteroatoms. The third kappa shape index (κ3) is 5.36. The zero-order valence-corrected chi connectivity index (χ0v) is 11.6. The number of rotatable bonds is 5. The number of aliphatic hydroxyl groups is 1. The van der Waals surface area contributed by atoms with Crippen LogP contribution in [0.4, 0.5) is 10.1 Å². The van der Waals surface area contributed by atoms with Gasteiger partial charge in [-0.1, -0.05) is 19.9 Å². The quantitative estimate of drug-likeness (QED) is 0.712. The molecule has 0 saturated heterocycles. The van der Waals surface area contributed by atoms with Gasteiger partial charge in [0.2, 0.25) is 0 Å². The predicted molar refractivity (Wildman–Crippen MR) is 73.5 cm³/mol. The monoisotopic (exact) mass is 282 g/mol. The number of aliphatic hydroxyl groups excluding tert-OH is 1. The van der Waals surface area contributed by atoms with Crippen molar-refractivity contribution in [1.29, 1.82) is 0 Å². The van der Waals surface area contributed by atoms with Crippen LogP contribution in [0.5, 0.6) is 0 Å². The first-order valence-electron chi connectivity index (χ1n) is 6.30. The molecule has 0 atom stereocenters. The standard InChI is InChI=1S/C14H19FN2O3/c1-14(2,6-7-18)9-16-12(19)13(20)17-11-5-3-4-10(15)8-11/h3-5,8,18H,6-7,9H2,1-2H3,(H,16,19)(H,17,20). The average Bonchev–Trinajstić information content (AvgIpc) is 2.36. The van der Waals surface area contributed by atoms with Gasteiger partial charge in [0, 0.05) is 18.8 Å². The van der Waals surface area contributed by atoms with Gasteiger partial charge >= 0.3 is 11.8 Å². The maximum Gasteiger partial charge on any atom is 0.313 e. The number of benzene rings is 1. The van der Waals surface area contributed by atoms with E-state index in [4.69, 9.17) is 5.11 Å². The molecule has 0 aromatic heterocycles. The first-order chi connectivity index (χ1) is 9.34. The molecule has 5 nitrogen and oxygen atoms in total. The van der Waals surface area contributed by atoms with Gasteiger partial charge < -0.3 is 15.7 Å². The highest BCUT2D eigenvalue weighted by molar-refractivity contribution is 6.39. The minimum Gasteiger partial charge on any atom is -0.396 e. The predicted octanol–water partition coefficient (Wildman–Crippen LogP) is 1.29. The summed E-state index contributed by atoms with van der Waals surface area (Å²) in [4.78, 5) is 23.2. The van der Waals surface area contributed by atoms with Crippen LogP contribution in [0, 0.1) is 11.2 Å². The Labute approximate surface area is 117 Å². The lowest BCUT2D eigenvalue weighted by Gasteiger charge is -2.23. The topological polar surface area (TPSA) is 78.4 Å². The normalized spacial score (nSPS) is 11.0. The first-order valence-corrected chi connectivity index (χ1v) is 6.30. The molecule has 0 aliphatic rings. The summed E-state index contributed by atoms with van der Waals surface area (Å²) in [6.45, 7) is 4.02. The molecule has 1 aromatic rings. The van der Waals surface area contributed by atoms with Crippen LogP contribution in [-0.2, 0) is 9.59 Å². The van der Waals surface area contributed by atoms with Gasteiger partial charge in [-0.15, -0.1) is 0 Å². The van der Waals surface area contributed by atoms with Crippen LogP contribution in [0.1, 0.15) is 20.3 Å². The summed E-state index contributed by atoms with van der Waals surface area (Å²) in [7, 11) is 0. The molecule has 2 amide bonds. The molecule has 0 fully saturated rings. The summed E-state index contributed by atoms with van der Waals surface area (Å²) in [5, 5.41) is 13.7. The van der Waals surface area contributed by atoms with E-state index in [-0.39, 0.29) is 24.3 Å². The molecule has 3 N–H and O–H groups in total. The third-order valence-electron chi connectivity index (χ3n) is 2.80. The summed E-state index contributed by atoms with van der Waals surface area (Å²) in [5.74, 6) is -2.14. The lowest BCUT2D eigenvalue weighted by Crippen LogP contribution is -2.40. The third-order valence-corrected chi connectivity index (χ3v) is 2.80. The number of carbonyl (C=O) groups excluding carboxylic acids is 2. The number of amides is 2. The molecule has 0 aliphatic heterocycles. The Kier molecular flexibility index (Phi) is 5.64. The Morgan fingerprint density at radius 3 is 2.60 bits per heavy atom. The Hall–Kier alpha value is -1.95. The fourth-order valence-electron chi connectivity index (χ4n) is 1.54. The van der Waals surface area contributed by atoms with Gasteiger partial charge in [-0.3, -0.25) is 9.59 Å². The second kappa shape index (κ2) is 7.00. The molecule has 1 aromatic carbocycles. The number of nitrogens with one attached hydrogen (secondary N) is 2. The highest BCUT2D eigenvalue weighted by atomic mass is 19.1. The molecule has 110 valence electrons. The van der Waals surface area contributed by atoms with Crippen LogP contribution < -0.4 is 10.6 Å². The van der Waals surface area contributed by atoms with Crippen molar-refractivity contribution >= 4 is 17.5 Å². The van der Waals surface area contributed by atoms with Crippen LogP contribution >= 0.6 is 0 Å². The van der Waals surface area contributed by atoms with E-state index < -0.39 is 17.6 Å². The average molecular weight is 282 g/mol. The van der Waals surface area contributed by atoms with Gasteiger partial charge in [-0.25, -0.2) is 4.39 Å². The summed E-state index contributed by atoms with van der Waals surface area (Å²) >= 11 is 0. The Morgan fingerprint density at radius 2 is 2.00 bits per heavy atom. The summed E-state index contributed by atoms with van der Waals surface area (Å²) in [6.07, 6.45) is 0.513. The Morgan fingerprint density at radius 1 is 1.30 bits per heavy atom. The zero-order valence-electron chi connectivity index (χ0n) is 11.6. The number of halogens is 1. The van der Waals surface area contributed by atoms with Crippen LogP contribution in [0.15, 0.2) is 24.3 Å². The molecule has 0 spiro atoms. The number of hydrogen-bond donors (Lipinski definition) is 3. The Balaban J connectivity index is 2.50. The van der Waals surface area contributed by atoms with Crippen LogP contribution in [0.2, 0.25) is 0 Å². The van der Waals surface area contributed by atoms with Crippen molar-refractivity contribution < 1.29 is 19.1 Å². The van der Waals surface area contributed by atoms with Gasteiger partial charge in [-0.05, 0) is 30.0 Å². The highest BCUT2D eigenvalue weighted by Gasteiger charge is 2.21. The molecule has 0 radical (unpaired) electrons. The van der Waals surface area contributed by atoms with Gasteiger partial charge in [0.15, 0.2) is 0 Å². The van der Waals surface area contributed by atoms with Crippen molar-refractivity contribution in [3.63, 3.8) is 0 Å². The van der Waals surface area contributed by atoms with Crippen LogP contribution in [-0.4, -0.2) is 30.1 Å². The van der Waals surface area contributed by atoms with E-state index in [9.17, 15) is 14.0 Å². The molecule has 1 rings (SSSR count). The fraction of sp³-hybridized carbons (Fsp3) is 0.429. The summed E-state index contributed by atoms with van der Waals surface area (Å²) in [6, 6.07) is 5.30. The van der Waals surface area contributed by atoms with Crippen molar-refractivity contribution in [2.45, 2.75) is 20.3 Å². The maximum atomic E-state index is 12.9. The maximum absolute atomic E-state index is 12.9. The summed E-state index contributed by atoms with van der Waals surface area (Å²) in [5.41, 5.74) is -0.0800. The molecule has 0 heterocycles. The highest BCUT2D eigenvalue weighted by Crippen LogP contribution is 2.17. The van der Waals surface area contributed by atoms with E-state index in [1.807, 2.05) is 13.8 Å². The molecule has 20 heavy (non-hydrogen) atoms. The fourth-order valence-corrected chi connectivity index (χ4v) is 1.54. The lowest BCUT2D eigenvalue weighted by atomic mass is 9.90. The zero-order chi connectivity index (χ0) is 15.2. The van der Waals surface area contributed by atoms with E-state index in [2.05, 4.69) is 10.6 Å². The van der Waals surface area contributed by atoms with Gasteiger partial charge in [0.1, 0.15) is 5.82 Å². The van der Waals surface area contributed by atoms with Crippen molar-refractivity contribution in [1.82, 2.24) is 5.32 Å². The lowest BCUT2D eigenvalue weighted by molar-refractivity contribution is -0.136. The SMILES string of the molecule is CC(C)(CCO)CNC(=O)C(=O)Nc1cccc(F)c1. The van der Waals surface area contributed by atoms with E-state index in [0.717, 1.165) is 6.07 Å². The molecular formula is C14H19FN2O3. The van der Waals surface area contributed by atoms with Crippen molar-refractivity contribution in [2.24, 2.45) is 5.41 Å². The smallest absolute Gasteiger partial charge is 0.313 e. The van der Waals surface area contributed by atoms with Crippen molar-refractivity contribution in [3.8, 4) is 0 Å². The van der Waals surface area contributed by atoms with Crippen LogP contribution in [0.25, 0.3) is 0 Å². The van der Waals surface area contributed by atoms with Crippen molar-refractivity contribution in [3.05, 3.63) is 30.1 Å². The minimum absolute atomic E-state index is 0.0123.